The van der Waals surface area contributed by atoms with E-state index in [1.165, 1.54) is 42.6 Å². The molecule has 0 saturated carbocycles. The van der Waals surface area contributed by atoms with Crippen molar-refractivity contribution in [1.29, 1.82) is 0 Å². The van der Waals surface area contributed by atoms with Gasteiger partial charge < -0.3 is 19.7 Å². The fourth-order valence-electron chi connectivity index (χ4n) is 4.59. The second-order valence-electron chi connectivity index (χ2n) is 10.3. The number of benzene rings is 4. The van der Waals surface area contributed by atoms with E-state index in [1.807, 2.05) is 24.3 Å². The quantitative estimate of drug-likeness (QED) is 0.0375. The SMILES string of the molecule is CCOc1cc(C=NNC(=O)C(=Cc2ccc(N(CC)CC)cc2)NC(=O)c2ccccc2Cl)ccc1OC(=O)c1ccc([N+](=O)[O-])cc1. The van der Waals surface area contributed by atoms with E-state index in [2.05, 4.69) is 34.6 Å². The van der Waals surface area contributed by atoms with E-state index in [1.54, 1.807) is 43.3 Å². The van der Waals surface area contributed by atoms with Crippen molar-refractivity contribution in [3.05, 3.63) is 134 Å². The van der Waals surface area contributed by atoms with Crippen LogP contribution in [0.4, 0.5) is 11.4 Å². The fourth-order valence-corrected chi connectivity index (χ4v) is 4.81. The van der Waals surface area contributed by atoms with Crippen molar-refractivity contribution < 1.29 is 28.8 Å². The molecule has 0 heterocycles. The van der Waals surface area contributed by atoms with Crippen LogP contribution in [0.25, 0.3) is 6.08 Å². The van der Waals surface area contributed by atoms with Crippen LogP contribution in [-0.2, 0) is 4.79 Å². The highest BCUT2D eigenvalue weighted by atomic mass is 35.5. The molecule has 0 aliphatic heterocycles. The maximum atomic E-state index is 13.3. The van der Waals surface area contributed by atoms with Gasteiger partial charge in [0.25, 0.3) is 17.5 Å². The molecule has 49 heavy (non-hydrogen) atoms. The number of nitrogens with one attached hydrogen (secondary N) is 2. The van der Waals surface area contributed by atoms with Crippen molar-refractivity contribution in [3.8, 4) is 11.5 Å². The summed E-state index contributed by atoms with van der Waals surface area (Å²) in [5.41, 5.74) is 4.72. The Morgan fingerprint density at radius 2 is 1.57 bits per heavy atom. The molecule has 252 valence electrons. The van der Waals surface area contributed by atoms with Gasteiger partial charge in [-0.2, -0.15) is 5.10 Å². The predicted molar refractivity (Wildman–Crippen MR) is 188 cm³/mol. The molecular weight excluding hydrogens is 650 g/mol. The zero-order valence-electron chi connectivity index (χ0n) is 27.0. The summed E-state index contributed by atoms with van der Waals surface area (Å²) in [5.74, 6) is -1.65. The number of hydrazone groups is 1. The van der Waals surface area contributed by atoms with Crippen molar-refractivity contribution in [3.63, 3.8) is 0 Å². The van der Waals surface area contributed by atoms with E-state index in [0.29, 0.717) is 11.1 Å². The molecule has 4 aromatic carbocycles. The van der Waals surface area contributed by atoms with Crippen LogP contribution in [0.2, 0.25) is 5.02 Å². The Bertz CT molecular complexity index is 1870. The van der Waals surface area contributed by atoms with Crippen LogP contribution in [-0.4, -0.2) is 48.6 Å². The molecule has 0 saturated heterocycles. The highest BCUT2D eigenvalue weighted by molar-refractivity contribution is 6.34. The van der Waals surface area contributed by atoms with Crippen LogP contribution < -0.4 is 25.1 Å². The maximum absolute atomic E-state index is 13.3. The molecule has 0 aliphatic carbocycles. The summed E-state index contributed by atoms with van der Waals surface area (Å²) in [5, 5.41) is 17.8. The number of carbonyl (C=O) groups excluding carboxylic acids is 3. The number of nitro groups is 1. The van der Waals surface area contributed by atoms with Gasteiger partial charge in [0, 0.05) is 30.9 Å². The minimum atomic E-state index is -0.731. The molecule has 2 amide bonds. The molecule has 2 N–H and O–H groups in total. The lowest BCUT2D eigenvalue weighted by Crippen LogP contribution is -2.33. The van der Waals surface area contributed by atoms with Gasteiger partial charge in [-0.25, -0.2) is 10.2 Å². The Hall–Kier alpha value is -6.01. The number of nitro benzene ring substituents is 1. The van der Waals surface area contributed by atoms with Crippen molar-refractivity contribution in [2.75, 3.05) is 24.6 Å². The average Bonchev–Trinajstić information content (AvgIpc) is 3.10. The van der Waals surface area contributed by atoms with Gasteiger partial charge in [-0.1, -0.05) is 35.9 Å². The number of anilines is 1. The van der Waals surface area contributed by atoms with Crippen molar-refractivity contribution in [1.82, 2.24) is 10.7 Å². The average molecular weight is 684 g/mol. The van der Waals surface area contributed by atoms with Crippen molar-refractivity contribution in [2.45, 2.75) is 20.8 Å². The minimum Gasteiger partial charge on any atom is -0.490 e. The molecule has 0 aliphatic rings. The van der Waals surface area contributed by atoms with E-state index in [-0.39, 0.29) is 45.6 Å². The molecule has 4 rings (SSSR count). The summed E-state index contributed by atoms with van der Waals surface area (Å²) in [4.78, 5) is 51.6. The highest BCUT2D eigenvalue weighted by Gasteiger charge is 2.18. The Labute approximate surface area is 288 Å². The third-order valence-corrected chi connectivity index (χ3v) is 7.44. The summed E-state index contributed by atoms with van der Waals surface area (Å²) in [6, 6.07) is 23.7. The van der Waals surface area contributed by atoms with Gasteiger partial charge in [0.15, 0.2) is 11.5 Å². The number of rotatable bonds is 14. The standard InChI is InChI=1S/C36H34ClN5O7/c1-4-41(5-2)27-16-11-24(12-17-27)21-31(39-34(43)29-9-7-8-10-30(29)37)35(44)40-38-23-25-13-20-32(33(22-25)48-6-3)49-36(45)26-14-18-28(19-15-26)42(46)47/h7-23H,4-6H2,1-3H3,(H,39,43)(H,40,44). The number of hydrogen-bond donors (Lipinski definition) is 2. The number of hydrogen-bond acceptors (Lipinski definition) is 9. The van der Waals surface area contributed by atoms with Crippen LogP contribution in [0.3, 0.4) is 0 Å². The smallest absolute Gasteiger partial charge is 0.343 e. The van der Waals surface area contributed by atoms with Gasteiger partial charge in [-0.15, -0.1) is 0 Å². The fraction of sp³-hybridized carbons (Fsp3) is 0.167. The number of halogens is 1. The molecular formula is C36H34ClN5O7. The van der Waals surface area contributed by atoms with Crippen molar-refractivity contribution in [2.24, 2.45) is 5.10 Å². The summed E-state index contributed by atoms with van der Waals surface area (Å²) in [7, 11) is 0. The lowest BCUT2D eigenvalue weighted by molar-refractivity contribution is -0.384. The summed E-state index contributed by atoms with van der Waals surface area (Å²) in [6.45, 7) is 7.83. The van der Waals surface area contributed by atoms with E-state index < -0.39 is 22.7 Å². The first-order valence-corrected chi connectivity index (χ1v) is 15.7. The third-order valence-electron chi connectivity index (χ3n) is 7.11. The van der Waals surface area contributed by atoms with Gasteiger partial charge in [0.2, 0.25) is 0 Å². The van der Waals surface area contributed by atoms with Gasteiger partial charge in [0.05, 0.1) is 33.9 Å². The number of non-ortho nitro benzene ring substituents is 1. The molecule has 4 aromatic rings. The van der Waals surface area contributed by atoms with E-state index in [0.717, 1.165) is 18.8 Å². The van der Waals surface area contributed by atoms with Crippen LogP contribution in [0.15, 0.2) is 102 Å². The summed E-state index contributed by atoms with van der Waals surface area (Å²) < 4.78 is 11.1. The topological polar surface area (TPSA) is 152 Å². The molecule has 0 spiro atoms. The number of ether oxygens (including phenoxy) is 2. The predicted octanol–water partition coefficient (Wildman–Crippen LogP) is 6.63. The lowest BCUT2D eigenvalue weighted by Gasteiger charge is -2.21. The Balaban J connectivity index is 1.52. The number of carbonyl (C=O) groups is 3. The van der Waals surface area contributed by atoms with Gasteiger partial charge in [-0.05, 0) is 92.6 Å². The summed E-state index contributed by atoms with van der Waals surface area (Å²) >= 11 is 6.22. The molecule has 12 nitrogen and oxygen atoms in total. The molecule has 0 fully saturated rings. The Morgan fingerprint density at radius 1 is 0.898 bits per heavy atom. The Kier molecular flexibility index (Phi) is 12.6. The monoisotopic (exact) mass is 683 g/mol. The van der Waals surface area contributed by atoms with E-state index in [4.69, 9.17) is 21.1 Å². The van der Waals surface area contributed by atoms with Gasteiger partial charge in [0.1, 0.15) is 5.70 Å². The zero-order chi connectivity index (χ0) is 35.3. The van der Waals surface area contributed by atoms with Crippen LogP contribution in [0, 0.1) is 10.1 Å². The van der Waals surface area contributed by atoms with Crippen LogP contribution >= 0.6 is 11.6 Å². The second-order valence-corrected chi connectivity index (χ2v) is 10.7. The molecule has 0 aromatic heterocycles. The normalized spacial score (nSPS) is 11.1. The first-order chi connectivity index (χ1) is 23.6. The second kappa shape index (κ2) is 17.2. The largest absolute Gasteiger partial charge is 0.490 e. The van der Waals surface area contributed by atoms with E-state index in [9.17, 15) is 24.5 Å². The first kappa shape index (κ1) is 35.8. The summed E-state index contributed by atoms with van der Waals surface area (Å²) in [6.07, 6.45) is 2.89. The molecule has 0 radical (unpaired) electrons. The van der Waals surface area contributed by atoms with E-state index >= 15 is 0 Å². The highest BCUT2D eigenvalue weighted by Crippen LogP contribution is 2.29. The van der Waals surface area contributed by atoms with Gasteiger partial charge in [-0.3, -0.25) is 19.7 Å². The molecule has 13 heteroatoms. The number of amides is 2. The molecule has 0 bridgehead atoms. The van der Waals surface area contributed by atoms with Crippen molar-refractivity contribution >= 4 is 53.0 Å². The molecule has 0 unspecified atom stereocenters. The van der Waals surface area contributed by atoms with Crippen LogP contribution in [0.1, 0.15) is 52.6 Å². The Morgan fingerprint density at radius 3 is 2.20 bits per heavy atom. The number of esters is 1. The number of nitrogens with zero attached hydrogens (tertiary/aromatic N) is 3. The lowest BCUT2D eigenvalue weighted by atomic mass is 10.1. The maximum Gasteiger partial charge on any atom is 0.343 e. The minimum absolute atomic E-state index is 0.0684. The zero-order valence-corrected chi connectivity index (χ0v) is 27.8. The molecule has 0 atom stereocenters. The van der Waals surface area contributed by atoms with Gasteiger partial charge >= 0.3 is 5.97 Å². The first-order valence-electron chi connectivity index (χ1n) is 15.3. The van der Waals surface area contributed by atoms with Crippen LogP contribution in [0.5, 0.6) is 11.5 Å². The third kappa shape index (κ3) is 9.75.